The Morgan fingerprint density at radius 1 is 1.13 bits per heavy atom. The summed E-state index contributed by atoms with van der Waals surface area (Å²) in [7, 11) is 1.58. The number of rotatable bonds is 4. The van der Waals surface area contributed by atoms with Crippen LogP contribution in [0, 0.1) is 6.92 Å². The van der Waals surface area contributed by atoms with Crippen LogP contribution >= 0.6 is 11.8 Å². The lowest BCUT2D eigenvalue weighted by Crippen LogP contribution is -2.34. The Bertz CT molecular complexity index is 746. The van der Waals surface area contributed by atoms with Crippen molar-refractivity contribution < 1.29 is 14.3 Å². The summed E-state index contributed by atoms with van der Waals surface area (Å²) in [4.78, 5) is 26.0. The predicted octanol–water partition coefficient (Wildman–Crippen LogP) is 3.64. The fraction of sp³-hybridized carbons (Fsp3) is 0.176. The number of hydrogen-bond acceptors (Lipinski definition) is 5. The molecule has 0 radical (unpaired) electrons. The van der Waals surface area contributed by atoms with E-state index < -0.39 is 5.37 Å². The lowest BCUT2D eigenvalue weighted by Gasteiger charge is -2.15. The smallest absolute Gasteiger partial charge is 0.295 e. The van der Waals surface area contributed by atoms with Crippen LogP contribution in [-0.2, 0) is 4.79 Å². The van der Waals surface area contributed by atoms with Crippen LogP contribution in [-0.4, -0.2) is 23.6 Å². The largest absolute Gasteiger partial charge is 0.497 e. The molecule has 1 heterocycles. The third-order valence-corrected chi connectivity index (χ3v) is 4.44. The molecule has 0 bridgehead atoms. The first kappa shape index (κ1) is 15.4. The molecule has 3 rings (SSSR count). The van der Waals surface area contributed by atoms with Crippen LogP contribution in [0.2, 0.25) is 0 Å². The number of benzene rings is 2. The molecule has 1 N–H and O–H groups in total. The molecule has 1 unspecified atom stereocenters. The summed E-state index contributed by atoms with van der Waals surface area (Å²) in [6, 6.07) is 14.6. The minimum absolute atomic E-state index is 0.272. The minimum Gasteiger partial charge on any atom is -0.497 e. The first-order valence-corrected chi connectivity index (χ1v) is 7.98. The lowest BCUT2D eigenvalue weighted by molar-refractivity contribution is -0.116. The molecule has 23 heavy (non-hydrogen) atoms. The zero-order chi connectivity index (χ0) is 16.4. The Labute approximate surface area is 138 Å². The molecule has 1 saturated heterocycles. The number of imide groups is 1. The Kier molecular flexibility index (Phi) is 4.25. The number of thioether (sulfide) groups is 1. The van der Waals surface area contributed by atoms with Crippen LogP contribution in [0.5, 0.6) is 5.75 Å². The lowest BCUT2D eigenvalue weighted by atomic mass is 10.2. The van der Waals surface area contributed by atoms with Gasteiger partial charge in [-0.25, -0.2) is 4.90 Å². The van der Waals surface area contributed by atoms with Gasteiger partial charge in [0.05, 0.1) is 12.8 Å². The number of carbonyl (C=O) groups excluding carboxylic acids is 2. The van der Waals surface area contributed by atoms with E-state index in [0.29, 0.717) is 11.4 Å². The summed E-state index contributed by atoms with van der Waals surface area (Å²) in [5, 5.41) is 2.16. The van der Waals surface area contributed by atoms with Gasteiger partial charge in [0.25, 0.3) is 11.1 Å². The summed E-state index contributed by atoms with van der Waals surface area (Å²) in [6.45, 7) is 1.96. The molecule has 5 nitrogen and oxygen atoms in total. The van der Waals surface area contributed by atoms with E-state index in [1.165, 1.54) is 4.90 Å². The van der Waals surface area contributed by atoms with Gasteiger partial charge in [0, 0.05) is 11.8 Å². The minimum atomic E-state index is -0.643. The Morgan fingerprint density at radius 2 is 1.87 bits per heavy atom. The number of aryl methyl sites for hydroxylation is 1. The molecule has 0 aromatic heterocycles. The van der Waals surface area contributed by atoms with Gasteiger partial charge >= 0.3 is 0 Å². The zero-order valence-corrected chi connectivity index (χ0v) is 13.6. The van der Waals surface area contributed by atoms with E-state index in [1.54, 1.807) is 25.3 Å². The standard InChI is InChI=1S/C17H16N2O3S/c1-11-6-8-13(9-7-11)19-16(20)15(23-17(19)21)18-12-4-3-5-14(10-12)22-2/h3-10,15,18H,1-2H3. The third-order valence-electron chi connectivity index (χ3n) is 3.51. The first-order chi connectivity index (χ1) is 11.1. The van der Waals surface area contributed by atoms with Gasteiger partial charge < -0.3 is 10.1 Å². The van der Waals surface area contributed by atoms with Crippen molar-refractivity contribution in [3.05, 3.63) is 54.1 Å². The summed E-state index contributed by atoms with van der Waals surface area (Å²) >= 11 is 0.975. The van der Waals surface area contributed by atoms with Crippen LogP contribution in [0.3, 0.4) is 0 Å². The number of nitrogens with one attached hydrogen (secondary N) is 1. The zero-order valence-electron chi connectivity index (χ0n) is 12.8. The fourth-order valence-electron chi connectivity index (χ4n) is 2.29. The first-order valence-electron chi connectivity index (χ1n) is 7.10. The van der Waals surface area contributed by atoms with E-state index in [9.17, 15) is 9.59 Å². The Morgan fingerprint density at radius 3 is 2.57 bits per heavy atom. The molecule has 2 aromatic carbocycles. The number of ether oxygens (including phenoxy) is 1. The maximum atomic E-state index is 12.6. The normalized spacial score (nSPS) is 17.5. The second kappa shape index (κ2) is 6.34. The second-order valence-electron chi connectivity index (χ2n) is 5.15. The summed E-state index contributed by atoms with van der Waals surface area (Å²) in [6.07, 6.45) is 0. The topological polar surface area (TPSA) is 58.6 Å². The molecule has 118 valence electrons. The Hall–Kier alpha value is -2.47. The molecule has 1 aliphatic heterocycles. The molecule has 1 fully saturated rings. The highest BCUT2D eigenvalue weighted by Crippen LogP contribution is 2.33. The van der Waals surface area contributed by atoms with Gasteiger partial charge in [0.2, 0.25) is 0 Å². The van der Waals surface area contributed by atoms with E-state index in [-0.39, 0.29) is 11.1 Å². The van der Waals surface area contributed by atoms with Crippen molar-refractivity contribution in [3.63, 3.8) is 0 Å². The molecule has 6 heteroatoms. The van der Waals surface area contributed by atoms with E-state index in [4.69, 9.17) is 4.74 Å². The van der Waals surface area contributed by atoms with E-state index in [0.717, 1.165) is 23.0 Å². The van der Waals surface area contributed by atoms with Crippen molar-refractivity contribution in [3.8, 4) is 5.75 Å². The van der Waals surface area contributed by atoms with Crippen LogP contribution in [0.15, 0.2) is 48.5 Å². The second-order valence-corrected chi connectivity index (χ2v) is 6.21. The monoisotopic (exact) mass is 328 g/mol. The third kappa shape index (κ3) is 3.17. The number of amides is 2. The number of carbonyl (C=O) groups is 2. The van der Waals surface area contributed by atoms with E-state index in [1.807, 2.05) is 37.3 Å². The molecule has 2 amide bonds. The molecule has 1 atom stereocenters. The van der Waals surface area contributed by atoms with E-state index >= 15 is 0 Å². The van der Waals surface area contributed by atoms with E-state index in [2.05, 4.69) is 5.32 Å². The number of nitrogens with zero attached hydrogens (tertiary/aromatic N) is 1. The summed E-state index contributed by atoms with van der Waals surface area (Å²) in [5.74, 6) is 0.416. The van der Waals surface area contributed by atoms with Gasteiger partial charge in [-0.1, -0.05) is 23.8 Å². The number of hydrogen-bond donors (Lipinski definition) is 1. The molecular formula is C17H16N2O3S. The molecule has 2 aromatic rings. The molecule has 0 saturated carbocycles. The van der Waals surface area contributed by atoms with Crippen molar-refractivity contribution >= 4 is 34.3 Å². The van der Waals surface area contributed by atoms with Gasteiger partial charge in [-0.05, 0) is 43.0 Å². The quantitative estimate of drug-likeness (QED) is 0.928. The summed E-state index contributed by atoms with van der Waals surface area (Å²) < 4.78 is 5.16. The van der Waals surface area contributed by atoms with Gasteiger partial charge in [-0.2, -0.15) is 0 Å². The van der Waals surface area contributed by atoms with Crippen molar-refractivity contribution in [1.29, 1.82) is 0 Å². The van der Waals surface area contributed by atoms with Crippen LogP contribution in [0.4, 0.5) is 16.2 Å². The SMILES string of the molecule is COc1cccc(NC2SC(=O)N(c3ccc(C)cc3)C2=O)c1. The number of methoxy groups -OCH3 is 1. The van der Waals surface area contributed by atoms with Crippen molar-refractivity contribution in [2.75, 3.05) is 17.3 Å². The van der Waals surface area contributed by atoms with Crippen molar-refractivity contribution in [1.82, 2.24) is 0 Å². The molecule has 0 spiro atoms. The predicted molar refractivity (Wildman–Crippen MR) is 92.1 cm³/mol. The average Bonchev–Trinajstić information content (AvgIpc) is 2.83. The maximum absolute atomic E-state index is 12.6. The highest BCUT2D eigenvalue weighted by Gasteiger charge is 2.40. The van der Waals surface area contributed by atoms with Gasteiger partial charge in [-0.15, -0.1) is 0 Å². The van der Waals surface area contributed by atoms with Crippen LogP contribution < -0.4 is 15.0 Å². The van der Waals surface area contributed by atoms with Gasteiger partial charge in [0.15, 0.2) is 5.37 Å². The molecular weight excluding hydrogens is 312 g/mol. The Balaban J connectivity index is 1.79. The maximum Gasteiger partial charge on any atom is 0.295 e. The van der Waals surface area contributed by atoms with Crippen molar-refractivity contribution in [2.45, 2.75) is 12.3 Å². The van der Waals surface area contributed by atoms with Crippen LogP contribution in [0.25, 0.3) is 0 Å². The van der Waals surface area contributed by atoms with Gasteiger partial charge in [-0.3, -0.25) is 9.59 Å². The molecule has 0 aliphatic carbocycles. The van der Waals surface area contributed by atoms with Crippen molar-refractivity contribution in [2.24, 2.45) is 0 Å². The summed E-state index contributed by atoms with van der Waals surface area (Å²) in [5.41, 5.74) is 2.40. The fourth-order valence-corrected chi connectivity index (χ4v) is 3.20. The number of anilines is 2. The highest BCUT2D eigenvalue weighted by molar-refractivity contribution is 8.16. The average molecular weight is 328 g/mol. The molecule has 1 aliphatic rings. The van der Waals surface area contributed by atoms with Gasteiger partial charge in [0.1, 0.15) is 5.75 Å². The van der Waals surface area contributed by atoms with Crippen LogP contribution in [0.1, 0.15) is 5.56 Å². The highest BCUT2D eigenvalue weighted by atomic mass is 32.2.